The van der Waals surface area contributed by atoms with Gasteiger partial charge in [-0.05, 0) is 30.7 Å². The fourth-order valence-corrected chi connectivity index (χ4v) is 2.34. The van der Waals surface area contributed by atoms with Crippen LogP contribution < -0.4 is 5.32 Å². The number of aryl methyl sites for hydroxylation is 1. The lowest BCUT2D eigenvalue weighted by Crippen LogP contribution is -2.21. The molecule has 0 saturated carbocycles. The molecule has 0 radical (unpaired) electrons. The number of ether oxygens (including phenoxy) is 2. The molecule has 1 aromatic carbocycles. The maximum Gasteiger partial charge on any atom is 0.338 e. The molecule has 1 amide bonds. The molecule has 0 atom stereocenters. The van der Waals surface area contributed by atoms with Crippen molar-refractivity contribution >= 4 is 40.9 Å². The molecule has 0 unspecified atom stereocenters. The zero-order valence-corrected chi connectivity index (χ0v) is 15.1. The normalized spacial score (nSPS) is 10.4. The van der Waals surface area contributed by atoms with Crippen LogP contribution in [0.4, 0.5) is 5.82 Å². The summed E-state index contributed by atoms with van der Waals surface area (Å²) in [6, 6.07) is 8.19. The van der Waals surface area contributed by atoms with E-state index in [-0.39, 0.29) is 10.8 Å². The number of rotatable bonds is 6. The van der Waals surface area contributed by atoms with Gasteiger partial charge in [-0.3, -0.25) is 4.79 Å². The van der Waals surface area contributed by atoms with Crippen LogP contribution >= 0.6 is 23.2 Å². The van der Waals surface area contributed by atoms with Crippen LogP contribution in [0.1, 0.15) is 21.6 Å². The van der Waals surface area contributed by atoms with E-state index < -0.39 is 18.5 Å². The van der Waals surface area contributed by atoms with Gasteiger partial charge < -0.3 is 14.8 Å². The van der Waals surface area contributed by atoms with Gasteiger partial charge in [-0.2, -0.15) is 0 Å². The molecule has 1 aromatic heterocycles. The number of nitrogens with zero attached hydrogens (tertiary/aromatic N) is 1. The summed E-state index contributed by atoms with van der Waals surface area (Å²) in [5.74, 6) is -1.00. The number of aromatic nitrogens is 1. The molecule has 0 aliphatic carbocycles. The van der Waals surface area contributed by atoms with E-state index in [4.69, 9.17) is 32.7 Å². The van der Waals surface area contributed by atoms with E-state index in [2.05, 4.69) is 10.3 Å². The van der Waals surface area contributed by atoms with E-state index >= 15 is 0 Å². The van der Waals surface area contributed by atoms with Gasteiger partial charge in [0.05, 0.1) is 27.9 Å². The van der Waals surface area contributed by atoms with E-state index in [1.54, 1.807) is 38.3 Å². The summed E-state index contributed by atoms with van der Waals surface area (Å²) in [5.41, 5.74) is 1.79. The van der Waals surface area contributed by atoms with Crippen molar-refractivity contribution in [1.29, 1.82) is 0 Å². The topological polar surface area (TPSA) is 77.5 Å². The number of anilines is 1. The van der Waals surface area contributed by atoms with Gasteiger partial charge >= 0.3 is 5.97 Å². The number of halogens is 2. The van der Waals surface area contributed by atoms with Crippen molar-refractivity contribution in [2.75, 3.05) is 19.0 Å². The minimum atomic E-state index is -0.606. The molecular weight excluding hydrogens is 367 g/mol. The molecule has 2 aromatic rings. The fourth-order valence-electron chi connectivity index (χ4n) is 1.93. The van der Waals surface area contributed by atoms with E-state index in [0.717, 1.165) is 5.56 Å². The fraction of sp³-hybridized carbons (Fsp3) is 0.235. The average Bonchev–Trinajstić information content (AvgIpc) is 2.58. The van der Waals surface area contributed by atoms with Gasteiger partial charge in [0, 0.05) is 7.11 Å². The average molecular weight is 383 g/mol. The van der Waals surface area contributed by atoms with Crippen LogP contribution in [0.5, 0.6) is 0 Å². The SMILES string of the molecule is COCc1ccc(C(=O)OCC(=O)Nc2nc(C)c(Cl)cc2Cl)cc1. The number of hydrogen-bond donors (Lipinski definition) is 1. The van der Waals surface area contributed by atoms with Crippen molar-refractivity contribution in [1.82, 2.24) is 4.98 Å². The summed E-state index contributed by atoms with van der Waals surface area (Å²) in [6.07, 6.45) is 0. The Labute approximate surface area is 155 Å². The Kier molecular flexibility index (Phi) is 6.75. The lowest BCUT2D eigenvalue weighted by molar-refractivity contribution is -0.119. The van der Waals surface area contributed by atoms with E-state index in [1.807, 2.05) is 0 Å². The minimum absolute atomic E-state index is 0.161. The molecule has 6 nitrogen and oxygen atoms in total. The molecule has 0 bridgehead atoms. The highest BCUT2D eigenvalue weighted by atomic mass is 35.5. The quantitative estimate of drug-likeness (QED) is 0.771. The number of nitrogens with one attached hydrogen (secondary N) is 1. The van der Waals surface area contributed by atoms with Crippen molar-refractivity contribution in [2.24, 2.45) is 0 Å². The number of esters is 1. The molecule has 0 fully saturated rings. The Balaban J connectivity index is 1.91. The molecule has 0 saturated heterocycles. The van der Waals surface area contributed by atoms with Crippen LogP contribution in [0.2, 0.25) is 10.0 Å². The number of carbonyl (C=O) groups excluding carboxylic acids is 2. The summed E-state index contributed by atoms with van der Waals surface area (Å²) < 4.78 is 9.97. The highest BCUT2D eigenvalue weighted by Gasteiger charge is 2.13. The van der Waals surface area contributed by atoms with Crippen molar-refractivity contribution < 1.29 is 19.1 Å². The Morgan fingerprint density at radius 3 is 2.48 bits per heavy atom. The van der Waals surface area contributed by atoms with E-state index in [0.29, 0.717) is 22.9 Å². The largest absolute Gasteiger partial charge is 0.452 e. The lowest BCUT2D eigenvalue weighted by atomic mass is 10.1. The lowest BCUT2D eigenvalue weighted by Gasteiger charge is -2.09. The summed E-state index contributed by atoms with van der Waals surface area (Å²) >= 11 is 11.9. The highest BCUT2D eigenvalue weighted by Crippen LogP contribution is 2.25. The van der Waals surface area contributed by atoms with Crippen molar-refractivity contribution in [3.63, 3.8) is 0 Å². The molecular formula is C17H16Cl2N2O4. The van der Waals surface area contributed by atoms with Gasteiger partial charge in [-0.25, -0.2) is 9.78 Å². The number of amides is 1. The third-order valence-corrected chi connectivity index (χ3v) is 3.87. The van der Waals surface area contributed by atoms with Gasteiger partial charge in [0.15, 0.2) is 12.4 Å². The first-order chi connectivity index (χ1) is 11.9. The summed E-state index contributed by atoms with van der Waals surface area (Å²) in [4.78, 5) is 27.9. The van der Waals surface area contributed by atoms with E-state index in [1.165, 1.54) is 6.07 Å². The molecule has 132 valence electrons. The summed E-state index contributed by atoms with van der Waals surface area (Å²) in [5, 5.41) is 3.07. The molecule has 2 rings (SSSR count). The summed E-state index contributed by atoms with van der Waals surface area (Å²) in [6.45, 7) is 1.67. The number of hydrogen-bond acceptors (Lipinski definition) is 5. The first kappa shape index (κ1) is 19.2. The highest BCUT2D eigenvalue weighted by molar-refractivity contribution is 6.36. The second-order valence-corrected chi connectivity index (χ2v) is 5.95. The molecule has 25 heavy (non-hydrogen) atoms. The van der Waals surface area contributed by atoms with Crippen LogP contribution in [-0.2, 0) is 20.9 Å². The number of benzene rings is 1. The number of pyridine rings is 1. The standard InChI is InChI=1S/C17H16Cl2N2O4/c1-10-13(18)7-14(19)16(20-10)21-15(22)9-25-17(23)12-5-3-11(4-6-12)8-24-2/h3-7H,8-9H2,1-2H3,(H,20,21,22). The van der Waals surface area contributed by atoms with Crippen LogP contribution in [-0.4, -0.2) is 30.6 Å². The zero-order chi connectivity index (χ0) is 18.4. The van der Waals surface area contributed by atoms with Crippen molar-refractivity contribution in [3.8, 4) is 0 Å². The van der Waals surface area contributed by atoms with Crippen molar-refractivity contribution in [3.05, 3.63) is 57.2 Å². The second-order valence-electron chi connectivity index (χ2n) is 5.14. The molecule has 0 spiro atoms. The van der Waals surface area contributed by atoms with Crippen molar-refractivity contribution in [2.45, 2.75) is 13.5 Å². The zero-order valence-electron chi connectivity index (χ0n) is 13.6. The van der Waals surface area contributed by atoms with E-state index in [9.17, 15) is 9.59 Å². The molecule has 0 aliphatic rings. The van der Waals surface area contributed by atoms with Gasteiger partial charge in [0.25, 0.3) is 5.91 Å². The third kappa shape index (κ3) is 5.42. The summed E-state index contributed by atoms with van der Waals surface area (Å²) in [7, 11) is 1.59. The van der Waals surface area contributed by atoms with Gasteiger partial charge in [-0.1, -0.05) is 35.3 Å². The molecule has 0 aliphatic heterocycles. The minimum Gasteiger partial charge on any atom is -0.452 e. The smallest absolute Gasteiger partial charge is 0.338 e. The molecule has 8 heteroatoms. The Hall–Kier alpha value is -2.15. The van der Waals surface area contributed by atoms with Crippen LogP contribution in [0.25, 0.3) is 0 Å². The maximum atomic E-state index is 11.9. The number of methoxy groups -OCH3 is 1. The van der Waals surface area contributed by atoms with Gasteiger partial charge in [-0.15, -0.1) is 0 Å². The predicted octanol–water partition coefficient (Wildman–Crippen LogP) is 3.64. The van der Waals surface area contributed by atoms with Crippen LogP contribution in [0.15, 0.2) is 30.3 Å². The maximum absolute atomic E-state index is 11.9. The monoisotopic (exact) mass is 382 g/mol. The first-order valence-electron chi connectivity index (χ1n) is 7.28. The van der Waals surface area contributed by atoms with Crippen LogP contribution in [0, 0.1) is 6.92 Å². The van der Waals surface area contributed by atoms with Crippen LogP contribution in [0.3, 0.4) is 0 Å². The van der Waals surface area contributed by atoms with Gasteiger partial charge in [0.2, 0.25) is 0 Å². The first-order valence-corrected chi connectivity index (χ1v) is 8.03. The Morgan fingerprint density at radius 2 is 1.84 bits per heavy atom. The Morgan fingerprint density at radius 1 is 1.16 bits per heavy atom. The second kappa shape index (κ2) is 8.80. The number of carbonyl (C=O) groups is 2. The Bertz CT molecular complexity index is 779. The molecule has 1 heterocycles. The third-order valence-electron chi connectivity index (χ3n) is 3.20. The molecule has 1 N–H and O–H groups in total. The predicted molar refractivity (Wildman–Crippen MR) is 95.1 cm³/mol. The van der Waals surface area contributed by atoms with Gasteiger partial charge in [0.1, 0.15) is 0 Å².